The van der Waals surface area contributed by atoms with Crippen LogP contribution in [0.2, 0.25) is 0 Å². The van der Waals surface area contributed by atoms with E-state index in [0.29, 0.717) is 30.1 Å². The quantitative estimate of drug-likeness (QED) is 0.855. The summed E-state index contributed by atoms with van der Waals surface area (Å²) in [6.45, 7) is 3.94. The lowest BCUT2D eigenvalue weighted by Crippen LogP contribution is -2.20. The largest absolute Gasteiger partial charge is 0.380 e. The third-order valence-electron chi connectivity index (χ3n) is 3.53. The monoisotopic (exact) mass is 315 g/mol. The second kappa shape index (κ2) is 7.69. The molecule has 0 unspecified atom stereocenters. The Labute approximate surface area is 134 Å². The van der Waals surface area contributed by atoms with E-state index in [2.05, 4.69) is 15.3 Å². The number of hydrogen-bond donors (Lipinski definition) is 2. The van der Waals surface area contributed by atoms with Crippen molar-refractivity contribution in [2.75, 3.05) is 12.4 Å². The number of nitrogens with one attached hydrogen (secondary N) is 2. The highest BCUT2D eigenvalue weighted by atomic mass is 16.5. The topological polar surface area (TPSA) is 84.1 Å². The third-order valence-corrected chi connectivity index (χ3v) is 3.53. The summed E-state index contributed by atoms with van der Waals surface area (Å²) in [6.07, 6.45) is 0.572. The lowest BCUT2D eigenvalue weighted by molar-refractivity contribution is -0.116. The van der Waals surface area contributed by atoms with Crippen LogP contribution in [0.1, 0.15) is 29.1 Å². The van der Waals surface area contributed by atoms with Gasteiger partial charge in [-0.2, -0.15) is 0 Å². The summed E-state index contributed by atoms with van der Waals surface area (Å²) in [5, 5.41) is 2.86. The van der Waals surface area contributed by atoms with E-state index in [0.717, 1.165) is 11.3 Å². The van der Waals surface area contributed by atoms with Crippen molar-refractivity contribution in [3.05, 3.63) is 57.3 Å². The molecular formula is C17H21N3O3. The highest BCUT2D eigenvalue weighted by Crippen LogP contribution is 2.16. The van der Waals surface area contributed by atoms with Crippen molar-refractivity contribution in [1.29, 1.82) is 0 Å². The van der Waals surface area contributed by atoms with Gasteiger partial charge in [0.15, 0.2) is 0 Å². The van der Waals surface area contributed by atoms with Crippen molar-refractivity contribution in [2.24, 2.45) is 0 Å². The molecule has 1 amide bonds. The molecule has 0 saturated carbocycles. The minimum atomic E-state index is -0.178. The average Bonchev–Trinajstić information content (AvgIpc) is 2.48. The summed E-state index contributed by atoms with van der Waals surface area (Å²) in [6, 6.07) is 7.48. The van der Waals surface area contributed by atoms with Gasteiger partial charge in [-0.05, 0) is 26.3 Å². The van der Waals surface area contributed by atoms with E-state index in [-0.39, 0.29) is 17.9 Å². The Hall–Kier alpha value is -2.47. The molecule has 2 aromatic rings. The molecule has 0 radical (unpaired) electrons. The van der Waals surface area contributed by atoms with Gasteiger partial charge in [0, 0.05) is 36.0 Å². The predicted molar refractivity (Wildman–Crippen MR) is 88.4 cm³/mol. The van der Waals surface area contributed by atoms with Crippen LogP contribution in [0.4, 0.5) is 5.69 Å². The maximum absolute atomic E-state index is 12.1. The fourth-order valence-electron chi connectivity index (χ4n) is 2.42. The molecule has 6 heteroatoms. The SMILES string of the molecule is COCc1ccccc1NC(=O)CCc1c(C)nc(C)[nH]c1=O. The summed E-state index contributed by atoms with van der Waals surface area (Å²) >= 11 is 0. The number of anilines is 1. The van der Waals surface area contributed by atoms with E-state index < -0.39 is 0 Å². The molecule has 23 heavy (non-hydrogen) atoms. The maximum atomic E-state index is 12.1. The molecule has 0 atom stereocenters. The third kappa shape index (κ3) is 4.50. The molecule has 0 aliphatic rings. The predicted octanol–water partition coefficient (Wildman–Crippen LogP) is 2.10. The van der Waals surface area contributed by atoms with Crippen molar-refractivity contribution in [3.63, 3.8) is 0 Å². The summed E-state index contributed by atoms with van der Waals surface area (Å²) in [5.74, 6) is 0.433. The lowest BCUT2D eigenvalue weighted by atomic mass is 10.1. The van der Waals surface area contributed by atoms with Crippen LogP contribution in [-0.2, 0) is 22.6 Å². The van der Waals surface area contributed by atoms with Crippen LogP contribution in [0.15, 0.2) is 29.1 Å². The fraction of sp³-hybridized carbons (Fsp3) is 0.353. The number of aromatic nitrogens is 2. The van der Waals surface area contributed by atoms with E-state index in [9.17, 15) is 9.59 Å². The first-order chi connectivity index (χ1) is 11.0. The first-order valence-corrected chi connectivity index (χ1v) is 7.44. The standard InChI is InChI=1S/C17H21N3O3/c1-11-14(17(22)19-12(2)18-11)8-9-16(21)20-15-7-5-4-6-13(15)10-23-3/h4-7H,8-10H2,1-3H3,(H,20,21)(H,18,19,22). The summed E-state index contributed by atoms with van der Waals surface area (Å²) in [5.41, 5.74) is 2.68. The number of aromatic amines is 1. The van der Waals surface area contributed by atoms with Crippen molar-refractivity contribution in [2.45, 2.75) is 33.3 Å². The maximum Gasteiger partial charge on any atom is 0.254 e. The molecule has 122 valence electrons. The summed E-state index contributed by atoms with van der Waals surface area (Å²) < 4.78 is 5.12. The Morgan fingerprint density at radius 2 is 2.04 bits per heavy atom. The summed E-state index contributed by atoms with van der Waals surface area (Å²) in [4.78, 5) is 31.0. The highest BCUT2D eigenvalue weighted by molar-refractivity contribution is 5.91. The van der Waals surface area contributed by atoms with Crippen molar-refractivity contribution < 1.29 is 9.53 Å². The van der Waals surface area contributed by atoms with Gasteiger partial charge in [-0.3, -0.25) is 9.59 Å². The second-order valence-electron chi connectivity index (χ2n) is 5.35. The zero-order chi connectivity index (χ0) is 16.8. The van der Waals surface area contributed by atoms with Gasteiger partial charge in [-0.1, -0.05) is 18.2 Å². The Kier molecular flexibility index (Phi) is 5.65. The summed E-state index contributed by atoms with van der Waals surface area (Å²) in [7, 11) is 1.61. The van der Waals surface area contributed by atoms with Crippen LogP contribution in [0, 0.1) is 13.8 Å². The number of benzene rings is 1. The van der Waals surface area contributed by atoms with Crippen LogP contribution in [0.25, 0.3) is 0 Å². The molecule has 1 heterocycles. The molecule has 6 nitrogen and oxygen atoms in total. The molecule has 2 rings (SSSR count). The van der Waals surface area contributed by atoms with Gasteiger partial charge in [0.1, 0.15) is 5.82 Å². The molecule has 0 fully saturated rings. The zero-order valence-corrected chi connectivity index (χ0v) is 13.6. The minimum absolute atomic E-state index is 0.145. The van der Waals surface area contributed by atoms with Crippen molar-refractivity contribution in [3.8, 4) is 0 Å². The van der Waals surface area contributed by atoms with Crippen molar-refractivity contribution in [1.82, 2.24) is 9.97 Å². The number of ether oxygens (including phenoxy) is 1. The van der Waals surface area contributed by atoms with E-state index in [1.165, 1.54) is 0 Å². The molecule has 1 aromatic carbocycles. The molecule has 0 spiro atoms. The van der Waals surface area contributed by atoms with Crippen LogP contribution < -0.4 is 10.9 Å². The normalized spacial score (nSPS) is 10.6. The molecule has 0 aliphatic heterocycles. The Balaban J connectivity index is 2.03. The zero-order valence-electron chi connectivity index (χ0n) is 13.6. The Morgan fingerprint density at radius 3 is 2.74 bits per heavy atom. The lowest BCUT2D eigenvalue weighted by Gasteiger charge is -2.10. The van der Waals surface area contributed by atoms with E-state index >= 15 is 0 Å². The number of aryl methyl sites for hydroxylation is 2. The molecule has 0 bridgehead atoms. The van der Waals surface area contributed by atoms with Gasteiger partial charge in [-0.25, -0.2) is 4.98 Å². The van der Waals surface area contributed by atoms with Gasteiger partial charge >= 0.3 is 0 Å². The second-order valence-corrected chi connectivity index (χ2v) is 5.35. The number of carbonyl (C=O) groups excluding carboxylic acids is 1. The molecule has 0 aliphatic carbocycles. The molecule has 1 aromatic heterocycles. The first-order valence-electron chi connectivity index (χ1n) is 7.44. The van der Waals surface area contributed by atoms with Gasteiger partial charge in [0.2, 0.25) is 5.91 Å². The fourth-order valence-corrected chi connectivity index (χ4v) is 2.42. The Bertz CT molecular complexity index is 753. The number of carbonyl (C=O) groups is 1. The van der Waals surface area contributed by atoms with Gasteiger partial charge in [0.05, 0.1) is 6.61 Å². The molecular weight excluding hydrogens is 294 g/mol. The number of H-pyrrole nitrogens is 1. The van der Waals surface area contributed by atoms with Gasteiger partial charge in [0.25, 0.3) is 5.56 Å². The molecule has 2 N–H and O–H groups in total. The average molecular weight is 315 g/mol. The van der Waals surface area contributed by atoms with E-state index in [4.69, 9.17) is 4.74 Å². The number of amides is 1. The number of para-hydroxylation sites is 1. The Morgan fingerprint density at radius 1 is 1.30 bits per heavy atom. The number of rotatable bonds is 6. The van der Waals surface area contributed by atoms with Crippen LogP contribution >= 0.6 is 0 Å². The van der Waals surface area contributed by atoms with Crippen LogP contribution in [0.5, 0.6) is 0 Å². The number of hydrogen-bond acceptors (Lipinski definition) is 4. The van der Waals surface area contributed by atoms with Crippen molar-refractivity contribution >= 4 is 11.6 Å². The van der Waals surface area contributed by atoms with Crippen LogP contribution in [-0.4, -0.2) is 23.0 Å². The number of methoxy groups -OCH3 is 1. The minimum Gasteiger partial charge on any atom is -0.380 e. The highest BCUT2D eigenvalue weighted by Gasteiger charge is 2.11. The van der Waals surface area contributed by atoms with Gasteiger partial charge < -0.3 is 15.0 Å². The van der Waals surface area contributed by atoms with E-state index in [1.807, 2.05) is 24.3 Å². The smallest absolute Gasteiger partial charge is 0.254 e. The first kappa shape index (κ1) is 16.9. The van der Waals surface area contributed by atoms with E-state index in [1.54, 1.807) is 21.0 Å². The van der Waals surface area contributed by atoms with Gasteiger partial charge in [-0.15, -0.1) is 0 Å². The van der Waals surface area contributed by atoms with Crippen LogP contribution in [0.3, 0.4) is 0 Å². The molecule has 0 saturated heterocycles. The number of nitrogens with zero attached hydrogens (tertiary/aromatic N) is 1.